The molecule has 1 spiro atoms. The minimum atomic E-state index is -1.78. The van der Waals surface area contributed by atoms with Crippen molar-refractivity contribution in [1.29, 1.82) is 0 Å². The quantitative estimate of drug-likeness (QED) is 0.152. The molecule has 8 heteroatoms. The van der Waals surface area contributed by atoms with Crippen LogP contribution in [0.5, 0.6) is 0 Å². The van der Waals surface area contributed by atoms with Crippen molar-refractivity contribution in [3.8, 4) is 0 Å². The average molecular weight is 528 g/mol. The SMILES string of the molecule is O=C(c1ccccc1)[C@H]1[C@H](c2cccc([N+](=O)[O-])c2)C2(C(=O)c3ccccc3C2=O)[C@@H]2c3ccccc3C=NN21. The molecule has 1 fully saturated rings. The molecule has 4 aromatic carbocycles. The third kappa shape index (κ3) is 3.07. The number of nitro benzene ring substituents is 1. The van der Waals surface area contributed by atoms with E-state index in [9.17, 15) is 24.5 Å². The van der Waals surface area contributed by atoms with Crippen molar-refractivity contribution in [2.24, 2.45) is 10.5 Å². The topological polar surface area (TPSA) is 110 Å². The summed E-state index contributed by atoms with van der Waals surface area (Å²) in [5, 5.41) is 18.1. The Bertz CT molecular complexity index is 1750. The number of fused-ring (bicyclic) bond motifs is 5. The van der Waals surface area contributed by atoms with Crippen molar-refractivity contribution in [3.05, 3.63) is 147 Å². The van der Waals surface area contributed by atoms with Crippen LogP contribution < -0.4 is 0 Å². The molecule has 3 atom stereocenters. The summed E-state index contributed by atoms with van der Waals surface area (Å²) in [6.45, 7) is 0. The molecule has 1 saturated heterocycles. The highest BCUT2D eigenvalue weighted by Gasteiger charge is 2.72. The summed E-state index contributed by atoms with van der Waals surface area (Å²) in [5.74, 6) is -2.20. The smallest absolute Gasteiger partial charge is 0.269 e. The van der Waals surface area contributed by atoms with Gasteiger partial charge >= 0.3 is 0 Å². The first kappa shape index (κ1) is 23.8. The van der Waals surface area contributed by atoms with E-state index < -0.39 is 39.9 Å². The van der Waals surface area contributed by atoms with Crippen molar-refractivity contribution in [3.63, 3.8) is 0 Å². The molecule has 8 nitrogen and oxygen atoms in total. The van der Waals surface area contributed by atoms with Gasteiger partial charge < -0.3 is 0 Å². The molecule has 0 N–H and O–H groups in total. The molecule has 1 aliphatic carbocycles. The summed E-state index contributed by atoms with van der Waals surface area (Å²) in [6, 6.07) is 26.6. The van der Waals surface area contributed by atoms with E-state index in [4.69, 9.17) is 5.10 Å². The Labute approximate surface area is 228 Å². The zero-order valence-corrected chi connectivity index (χ0v) is 21.0. The average Bonchev–Trinajstić information content (AvgIpc) is 3.43. The maximum Gasteiger partial charge on any atom is 0.269 e. The van der Waals surface area contributed by atoms with Gasteiger partial charge in [-0.15, -0.1) is 0 Å². The summed E-state index contributed by atoms with van der Waals surface area (Å²) in [4.78, 5) is 55.0. The predicted octanol–water partition coefficient (Wildman–Crippen LogP) is 5.40. The van der Waals surface area contributed by atoms with Crippen LogP contribution in [0.4, 0.5) is 5.69 Å². The molecule has 7 rings (SSSR count). The van der Waals surface area contributed by atoms with Crippen LogP contribution in [-0.4, -0.2) is 39.5 Å². The summed E-state index contributed by atoms with van der Waals surface area (Å²) in [5.41, 5.74) is 0.787. The second kappa shape index (κ2) is 8.64. The summed E-state index contributed by atoms with van der Waals surface area (Å²) >= 11 is 0. The lowest BCUT2D eigenvalue weighted by molar-refractivity contribution is -0.384. The lowest BCUT2D eigenvalue weighted by Gasteiger charge is -2.36. The fourth-order valence-electron chi connectivity index (χ4n) is 6.75. The van der Waals surface area contributed by atoms with Gasteiger partial charge in [0.2, 0.25) is 0 Å². The van der Waals surface area contributed by atoms with Crippen LogP contribution in [0.2, 0.25) is 0 Å². The first-order valence-corrected chi connectivity index (χ1v) is 12.9. The molecule has 2 heterocycles. The van der Waals surface area contributed by atoms with Gasteiger partial charge in [0.25, 0.3) is 5.69 Å². The summed E-state index contributed by atoms with van der Waals surface area (Å²) in [6.07, 6.45) is 1.64. The number of rotatable bonds is 4. The van der Waals surface area contributed by atoms with Gasteiger partial charge in [0.1, 0.15) is 11.5 Å². The maximum atomic E-state index is 14.7. The van der Waals surface area contributed by atoms with E-state index in [-0.39, 0.29) is 22.6 Å². The van der Waals surface area contributed by atoms with Gasteiger partial charge in [0, 0.05) is 34.7 Å². The van der Waals surface area contributed by atoms with Crippen LogP contribution in [0, 0.1) is 15.5 Å². The molecule has 194 valence electrons. The van der Waals surface area contributed by atoms with E-state index in [1.807, 2.05) is 24.3 Å². The van der Waals surface area contributed by atoms with Crippen molar-refractivity contribution in [2.75, 3.05) is 0 Å². The first-order valence-electron chi connectivity index (χ1n) is 12.9. The van der Waals surface area contributed by atoms with Crippen molar-refractivity contribution in [2.45, 2.75) is 18.0 Å². The summed E-state index contributed by atoms with van der Waals surface area (Å²) in [7, 11) is 0. The van der Waals surface area contributed by atoms with Gasteiger partial charge in [0.05, 0.1) is 17.2 Å². The van der Waals surface area contributed by atoms with Crippen molar-refractivity contribution < 1.29 is 19.3 Å². The highest BCUT2D eigenvalue weighted by atomic mass is 16.6. The fourth-order valence-corrected chi connectivity index (χ4v) is 6.75. The number of hydrogen-bond acceptors (Lipinski definition) is 7. The highest BCUT2D eigenvalue weighted by molar-refractivity contribution is 6.31. The van der Waals surface area contributed by atoms with E-state index in [0.717, 1.165) is 5.56 Å². The molecule has 3 aliphatic rings. The van der Waals surface area contributed by atoms with Gasteiger partial charge in [-0.1, -0.05) is 91.0 Å². The third-order valence-electron chi connectivity index (χ3n) is 8.34. The molecule has 0 aromatic heterocycles. The van der Waals surface area contributed by atoms with Crippen LogP contribution in [0.1, 0.15) is 59.7 Å². The van der Waals surface area contributed by atoms with Gasteiger partial charge in [0.15, 0.2) is 17.3 Å². The Morgan fingerprint density at radius 3 is 2.17 bits per heavy atom. The predicted molar refractivity (Wildman–Crippen MR) is 147 cm³/mol. The van der Waals surface area contributed by atoms with E-state index in [1.54, 1.807) is 71.9 Å². The Morgan fingerprint density at radius 2 is 1.48 bits per heavy atom. The van der Waals surface area contributed by atoms with Crippen LogP contribution >= 0.6 is 0 Å². The van der Waals surface area contributed by atoms with Crippen LogP contribution in [0.3, 0.4) is 0 Å². The first-order chi connectivity index (χ1) is 19.4. The molecule has 0 radical (unpaired) electrons. The second-order valence-corrected chi connectivity index (χ2v) is 10.2. The minimum absolute atomic E-state index is 0.192. The molecule has 0 saturated carbocycles. The number of hydrogen-bond donors (Lipinski definition) is 0. The molecular weight excluding hydrogens is 506 g/mol. The van der Waals surface area contributed by atoms with Crippen LogP contribution in [0.25, 0.3) is 0 Å². The molecular formula is C32H21N3O5. The number of carbonyl (C=O) groups is 3. The monoisotopic (exact) mass is 527 g/mol. The number of nitro groups is 1. The maximum absolute atomic E-state index is 14.7. The molecule has 0 bridgehead atoms. The molecule has 40 heavy (non-hydrogen) atoms. The number of Topliss-reactive ketones (excluding diaryl/α,β-unsaturated/α-hetero) is 3. The lowest BCUT2D eigenvalue weighted by Crippen LogP contribution is -2.43. The number of non-ortho nitro benzene ring substituents is 1. The zero-order valence-electron chi connectivity index (χ0n) is 21.0. The van der Waals surface area contributed by atoms with Crippen molar-refractivity contribution in [1.82, 2.24) is 5.01 Å². The van der Waals surface area contributed by atoms with E-state index in [1.165, 1.54) is 18.2 Å². The second-order valence-electron chi connectivity index (χ2n) is 10.2. The van der Waals surface area contributed by atoms with E-state index in [0.29, 0.717) is 16.7 Å². The Kier molecular flexibility index (Phi) is 5.15. The fraction of sp³-hybridized carbons (Fsp3) is 0.125. The van der Waals surface area contributed by atoms with E-state index >= 15 is 0 Å². The zero-order chi connectivity index (χ0) is 27.6. The number of nitrogens with zero attached hydrogens (tertiary/aromatic N) is 3. The largest absolute Gasteiger partial charge is 0.293 e. The minimum Gasteiger partial charge on any atom is -0.293 e. The Morgan fingerprint density at radius 1 is 0.825 bits per heavy atom. The number of ketones is 3. The lowest BCUT2D eigenvalue weighted by atomic mass is 9.63. The highest BCUT2D eigenvalue weighted by Crippen LogP contribution is 2.64. The number of carbonyl (C=O) groups excluding carboxylic acids is 3. The Hall–Kier alpha value is -5.24. The molecule has 2 aliphatic heterocycles. The molecule has 0 unspecified atom stereocenters. The molecule has 0 amide bonds. The normalized spacial score (nSPS) is 21.7. The number of hydrazone groups is 1. The van der Waals surface area contributed by atoms with Crippen molar-refractivity contribution >= 4 is 29.3 Å². The van der Waals surface area contributed by atoms with Crippen LogP contribution in [-0.2, 0) is 0 Å². The van der Waals surface area contributed by atoms with Gasteiger partial charge in [-0.2, -0.15) is 5.10 Å². The van der Waals surface area contributed by atoms with Gasteiger partial charge in [-0.3, -0.25) is 29.5 Å². The van der Waals surface area contributed by atoms with E-state index in [2.05, 4.69) is 0 Å². The van der Waals surface area contributed by atoms with Crippen LogP contribution in [0.15, 0.2) is 108 Å². The third-order valence-corrected chi connectivity index (χ3v) is 8.34. The molecule has 4 aromatic rings. The Balaban J connectivity index is 1.57. The summed E-state index contributed by atoms with van der Waals surface area (Å²) < 4.78 is 0. The number of benzene rings is 4. The van der Waals surface area contributed by atoms with Gasteiger partial charge in [-0.05, 0) is 16.7 Å². The standard InChI is InChI=1S/C32H21N3O5/c36-28(19-9-2-1-3-10-19)27-26(20-12-8-13-22(17-20)35(39)40)32(30(37)24-15-6-7-16-25(24)31(32)38)29-23-14-5-4-11-21(23)18-33-34(27)29/h1-18,26-27,29H/t26-,27+,29-/m0/s1. The van der Waals surface area contributed by atoms with Gasteiger partial charge in [-0.25, -0.2) is 0 Å².